The third kappa shape index (κ3) is 3.33. The van der Waals surface area contributed by atoms with Crippen molar-refractivity contribution in [3.63, 3.8) is 0 Å². The molecule has 112 valence electrons. The molecule has 1 aromatic carbocycles. The van der Waals surface area contributed by atoms with Crippen LogP contribution in [0.4, 0.5) is 0 Å². The molecule has 1 N–H and O–H groups in total. The zero-order chi connectivity index (χ0) is 14.8. The predicted molar refractivity (Wildman–Crippen MR) is 82.0 cm³/mol. The van der Waals surface area contributed by atoms with Gasteiger partial charge in [-0.1, -0.05) is 26.0 Å². The molecule has 2 atom stereocenters. The quantitative estimate of drug-likeness (QED) is 0.864. The zero-order valence-corrected chi connectivity index (χ0v) is 13.3. The monoisotopic (exact) mass is 277 g/mol. The molecule has 1 aromatic rings. The molecule has 3 nitrogen and oxygen atoms in total. The molecule has 0 radical (unpaired) electrons. The van der Waals surface area contributed by atoms with E-state index in [0.717, 1.165) is 18.7 Å². The van der Waals surface area contributed by atoms with Gasteiger partial charge in [-0.05, 0) is 38.0 Å². The topological polar surface area (TPSA) is 30.5 Å². The second kappa shape index (κ2) is 6.15. The van der Waals surface area contributed by atoms with Gasteiger partial charge in [0.2, 0.25) is 0 Å². The van der Waals surface area contributed by atoms with Gasteiger partial charge in [0.05, 0.1) is 12.2 Å². The van der Waals surface area contributed by atoms with Crippen LogP contribution in [0.2, 0.25) is 0 Å². The fourth-order valence-electron chi connectivity index (χ4n) is 2.87. The van der Waals surface area contributed by atoms with E-state index in [4.69, 9.17) is 9.47 Å². The minimum absolute atomic E-state index is 0.209. The van der Waals surface area contributed by atoms with E-state index in [0.29, 0.717) is 12.1 Å². The van der Waals surface area contributed by atoms with Crippen molar-refractivity contribution in [2.75, 3.05) is 7.11 Å². The van der Waals surface area contributed by atoms with Gasteiger partial charge in [-0.2, -0.15) is 0 Å². The van der Waals surface area contributed by atoms with Crippen molar-refractivity contribution < 1.29 is 9.47 Å². The maximum absolute atomic E-state index is 5.73. The highest BCUT2D eigenvalue weighted by Crippen LogP contribution is 2.42. The predicted octanol–water partition coefficient (Wildman–Crippen LogP) is 3.38. The van der Waals surface area contributed by atoms with Gasteiger partial charge in [0.1, 0.15) is 5.75 Å². The lowest BCUT2D eigenvalue weighted by atomic mass is 9.64. The van der Waals surface area contributed by atoms with E-state index in [9.17, 15) is 0 Å². The molecule has 0 heterocycles. The van der Waals surface area contributed by atoms with Crippen molar-refractivity contribution in [2.45, 2.75) is 58.9 Å². The van der Waals surface area contributed by atoms with Crippen molar-refractivity contribution in [1.82, 2.24) is 5.32 Å². The van der Waals surface area contributed by atoms with Crippen molar-refractivity contribution >= 4 is 0 Å². The Morgan fingerprint density at radius 3 is 2.70 bits per heavy atom. The summed E-state index contributed by atoms with van der Waals surface area (Å²) in [5.74, 6) is 0.946. The lowest BCUT2D eigenvalue weighted by Gasteiger charge is -2.51. The standard InChI is InChI=1S/C17H27NO2/c1-12(2)20-14-8-6-7-13(9-14)11-18-15-10-16(19-5)17(15,3)4/h6-9,12,15-16,18H,10-11H2,1-5H3. The summed E-state index contributed by atoms with van der Waals surface area (Å²) in [6.07, 6.45) is 1.67. The lowest BCUT2D eigenvalue weighted by molar-refractivity contribution is -0.0979. The number of rotatable bonds is 6. The summed E-state index contributed by atoms with van der Waals surface area (Å²) in [4.78, 5) is 0. The molecule has 1 aliphatic rings. The Hall–Kier alpha value is -1.06. The van der Waals surface area contributed by atoms with Gasteiger partial charge in [0.25, 0.3) is 0 Å². The first-order valence-corrected chi connectivity index (χ1v) is 7.45. The normalized spacial score (nSPS) is 24.5. The van der Waals surface area contributed by atoms with Crippen LogP contribution in [0, 0.1) is 5.41 Å². The average Bonchev–Trinajstić information content (AvgIpc) is 2.37. The Balaban J connectivity index is 1.89. The van der Waals surface area contributed by atoms with Gasteiger partial charge < -0.3 is 14.8 Å². The fraction of sp³-hybridized carbons (Fsp3) is 0.647. The highest BCUT2D eigenvalue weighted by atomic mass is 16.5. The molecule has 0 bridgehead atoms. The lowest BCUT2D eigenvalue weighted by Crippen LogP contribution is -2.60. The molecule has 3 heteroatoms. The van der Waals surface area contributed by atoms with Crippen LogP contribution in [-0.4, -0.2) is 25.4 Å². The van der Waals surface area contributed by atoms with E-state index in [2.05, 4.69) is 37.4 Å². The van der Waals surface area contributed by atoms with Gasteiger partial charge in [-0.25, -0.2) is 0 Å². The summed E-state index contributed by atoms with van der Waals surface area (Å²) in [6.45, 7) is 9.50. The Bertz CT molecular complexity index is 442. The molecular formula is C17H27NO2. The molecule has 0 aromatic heterocycles. The van der Waals surface area contributed by atoms with Crippen LogP contribution in [0.15, 0.2) is 24.3 Å². The van der Waals surface area contributed by atoms with Gasteiger partial charge in [0.15, 0.2) is 0 Å². The van der Waals surface area contributed by atoms with E-state index in [1.54, 1.807) is 7.11 Å². The largest absolute Gasteiger partial charge is 0.491 e. The minimum atomic E-state index is 0.209. The number of hydrogen-bond acceptors (Lipinski definition) is 3. The van der Waals surface area contributed by atoms with Crippen LogP contribution in [-0.2, 0) is 11.3 Å². The first-order valence-electron chi connectivity index (χ1n) is 7.45. The summed E-state index contributed by atoms with van der Waals surface area (Å²) in [5, 5.41) is 3.63. The van der Waals surface area contributed by atoms with Crippen LogP contribution >= 0.6 is 0 Å². The molecule has 1 aliphatic carbocycles. The van der Waals surface area contributed by atoms with E-state index in [1.807, 2.05) is 19.9 Å². The maximum atomic E-state index is 5.73. The van der Waals surface area contributed by atoms with Crippen LogP contribution in [0.5, 0.6) is 5.75 Å². The van der Waals surface area contributed by atoms with Crippen molar-refractivity contribution in [3.05, 3.63) is 29.8 Å². The average molecular weight is 277 g/mol. The number of ether oxygens (including phenoxy) is 2. The van der Waals surface area contributed by atoms with E-state index >= 15 is 0 Å². The summed E-state index contributed by atoms with van der Waals surface area (Å²) >= 11 is 0. The Morgan fingerprint density at radius 2 is 2.10 bits per heavy atom. The Kier molecular flexibility index (Phi) is 4.71. The zero-order valence-electron chi connectivity index (χ0n) is 13.3. The molecule has 1 fully saturated rings. The Morgan fingerprint density at radius 1 is 1.35 bits per heavy atom. The number of methoxy groups -OCH3 is 1. The van der Waals surface area contributed by atoms with Crippen LogP contribution in [0.25, 0.3) is 0 Å². The van der Waals surface area contributed by atoms with Crippen molar-refractivity contribution in [2.24, 2.45) is 5.41 Å². The molecule has 2 rings (SSSR count). The highest BCUT2D eigenvalue weighted by molar-refractivity contribution is 5.28. The summed E-state index contributed by atoms with van der Waals surface area (Å²) < 4.78 is 11.2. The van der Waals surface area contributed by atoms with Crippen LogP contribution < -0.4 is 10.1 Å². The summed E-state index contributed by atoms with van der Waals surface area (Å²) in [7, 11) is 1.80. The first-order chi connectivity index (χ1) is 9.43. The molecule has 0 aliphatic heterocycles. The van der Waals surface area contributed by atoms with E-state index < -0.39 is 0 Å². The second-order valence-corrected chi connectivity index (χ2v) is 6.53. The van der Waals surface area contributed by atoms with Gasteiger partial charge in [0, 0.05) is 25.1 Å². The van der Waals surface area contributed by atoms with E-state index in [1.165, 1.54) is 5.56 Å². The van der Waals surface area contributed by atoms with Crippen LogP contribution in [0.3, 0.4) is 0 Å². The molecule has 0 spiro atoms. The Labute approximate surface area is 122 Å². The maximum Gasteiger partial charge on any atom is 0.120 e. The third-order valence-corrected chi connectivity index (χ3v) is 4.29. The molecular weight excluding hydrogens is 250 g/mol. The molecule has 0 saturated heterocycles. The minimum Gasteiger partial charge on any atom is -0.491 e. The first kappa shape index (κ1) is 15.3. The number of nitrogens with one attached hydrogen (secondary N) is 1. The third-order valence-electron chi connectivity index (χ3n) is 4.29. The van der Waals surface area contributed by atoms with Gasteiger partial charge >= 0.3 is 0 Å². The molecule has 0 amide bonds. The van der Waals surface area contributed by atoms with E-state index in [-0.39, 0.29) is 11.5 Å². The molecule has 2 unspecified atom stereocenters. The summed E-state index contributed by atoms with van der Waals surface area (Å²) in [5.41, 5.74) is 1.47. The second-order valence-electron chi connectivity index (χ2n) is 6.53. The van der Waals surface area contributed by atoms with Gasteiger partial charge in [-0.3, -0.25) is 0 Å². The van der Waals surface area contributed by atoms with Gasteiger partial charge in [-0.15, -0.1) is 0 Å². The van der Waals surface area contributed by atoms with Crippen molar-refractivity contribution in [3.8, 4) is 5.75 Å². The number of hydrogen-bond donors (Lipinski definition) is 1. The summed E-state index contributed by atoms with van der Waals surface area (Å²) in [6, 6.07) is 8.84. The molecule has 1 saturated carbocycles. The van der Waals surface area contributed by atoms with Crippen molar-refractivity contribution in [1.29, 1.82) is 0 Å². The molecule has 20 heavy (non-hydrogen) atoms. The number of benzene rings is 1. The highest BCUT2D eigenvalue weighted by Gasteiger charge is 2.48. The smallest absolute Gasteiger partial charge is 0.120 e. The van der Waals surface area contributed by atoms with Crippen LogP contribution in [0.1, 0.15) is 39.7 Å². The SMILES string of the molecule is COC1CC(NCc2cccc(OC(C)C)c2)C1(C)C. The fourth-order valence-corrected chi connectivity index (χ4v) is 2.87.